The number of ether oxygens (including phenoxy) is 3. The van der Waals surface area contributed by atoms with Crippen LogP contribution in [0.25, 0.3) is 0 Å². The molecule has 1 rings (SSSR count). The van der Waals surface area contributed by atoms with E-state index in [0.717, 1.165) is 103 Å². The highest BCUT2D eigenvalue weighted by Crippen LogP contribution is 2.26. The Morgan fingerprint density at radius 3 is 1.21 bits per heavy atom. The number of unbranched alkanes of at least 4 members (excludes halogenated alkanes) is 37. The lowest BCUT2D eigenvalue weighted by molar-refractivity contribution is -0.305. The largest absolute Gasteiger partial charge is 0.454 e. The minimum atomic E-state index is -1.62. The van der Waals surface area contributed by atoms with E-state index in [-0.39, 0.29) is 19.4 Å². The van der Waals surface area contributed by atoms with E-state index in [1.54, 1.807) is 6.08 Å². The second kappa shape index (κ2) is 66.6. The first-order valence-corrected chi connectivity index (χ1v) is 38.0. The molecule has 1 fully saturated rings. The number of aliphatic hydroxyl groups excluding tert-OH is 5. The Bertz CT molecular complexity index is 1860. The van der Waals surface area contributed by atoms with Crippen molar-refractivity contribution in [2.24, 2.45) is 0 Å². The normalized spacial score (nSPS) is 18.5. The standard InChI is InChI=1S/C80H141NO10/c1-4-7-10-13-16-19-22-24-26-28-30-32-34-36-37-38-40-42-44-46-48-50-53-56-59-62-65-68-75(85)91-78-77(87)76(86)74(69-82)90-80(78)89-70-71(72(83)66-63-60-57-54-51-21-18-15-12-9-6-3)81-79(88)73(84)67-64-61-58-55-52-49-47-45-43-41-39-35-33-31-29-27-25-23-20-17-14-11-8-5-2/h8,11,16-17,19-20,24-27,31,33,39,41,63,66,71-74,76-78,80,82-84,86-87H,4-7,9-10,12-15,18,21-23,28-30,32,34-38,40,42-62,64-65,67-70H2,1-3H3,(H,81,88)/b11-8-,19-16-,20-17-,26-24-,27-25-,33-31-,41-39-,66-63+. The van der Waals surface area contributed by atoms with Crippen molar-refractivity contribution in [3.63, 3.8) is 0 Å². The summed E-state index contributed by atoms with van der Waals surface area (Å²) in [7, 11) is 0. The summed E-state index contributed by atoms with van der Waals surface area (Å²) in [6, 6.07) is -1.03. The maximum Gasteiger partial charge on any atom is 0.306 e. The molecular weight excluding hydrogens is 1130 g/mol. The smallest absolute Gasteiger partial charge is 0.306 e. The van der Waals surface area contributed by atoms with Gasteiger partial charge in [-0.05, 0) is 103 Å². The third-order valence-electron chi connectivity index (χ3n) is 17.5. The van der Waals surface area contributed by atoms with Gasteiger partial charge >= 0.3 is 5.97 Å². The molecule has 8 atom stereocenters. The second-order valence-corrected chi connectivity index (χ2v) is 26.0. The summed E-state index contributed by atoms with van der Waals surface area (Å²) in [5.74, 6) is -1.20. The highest BCUT2D eigenvalue weighted by Gasteiger charge is 2.47. The van der Waals surface area contributed by atoms with Gasteiger partial charge in [0.2, 0.25) is 5.91 Å². The lowest BCUT2D eigenvalue weighted by atomic mass is 9.99. The Labute approximate surface area is 558 Å². The van der Waals surface area contributed by atoms with Crippen molar-refractivity contribution >= 4 is 11.9 Å². The van der Waals surface area contributed by atoms with Gasteiger partial charge in [-0.15, -0.1) is 0 Å². The molecule has 8 unspecified atom stereocenters. The zero-order chi connectivity index (χ0) is 66.0. The van der Waals surface area contributed by atoms with Crippen molar-refractivity contribution < 1.29 is 49.3 Å². The van der Waals surface area contributed by atoms with Crippen LogP contribution in [0.15, 0.2) is 97.2 Å². The summed E-state index contributed by atoms with van der Waals surface area (Å²) < 4.78 is 17.7. The molecule has 526 valence electrons. The van der Waals surface area contributed by atoms with Crippen molar-refractivity contribution in [2.45, 2.75) is 384 Å². The maximum atomic E-state index is 13.5. The Morgan fingerprint density at radius 1 is 0.440 bits per heavy atom. The predicted octanol–water partition coefficient (Wildman–Crippen LogP) is 20.2. The average molecular weight is 1280 g/mol. The number of carbonyl (C=O) groups excluding carboxylic acids is 2. The molecule has 0 radical (unpaired) electrons. The number of allylic oxidation sites excluding steroid dienone is 15. The van der Waals surface area contributed by atoms with Crippen molar-refractivity contribution in [3.8, 4) is 0 Å². The van der Waals surface area contributed by atoms with E-state index in [1.165, 1.54) is 186 Å². The molecule has 0 aromatic carbocycles. The van der Waals surface area contributed by atoms with E-state index in [0.29, 0.717) is 12.8 Å². The van der Waals surface area contributed by atoms with Crippen LogP contribution >= 0.6 is 0 Å². The van der Waals surface area contributed by atoms with Crippen LogP contribution in [-0.2, 0) is 23.8 Å². The molecule has 0 aromatic rings. The van der Waals surface area contributed by atoms with Gasteiger partial charge in [0, 0.05) is 6.42 Å². The first-order valence-electron chi connectivity index (χ1n) is 38.0. The van der Waals surface area contributed by atoms with Gasteiger partial charge in [0.05, 0.1) is 25.4 Å². The van der Waals surface area contributed by atoms with Gasteiger partial charge in [-0.25, -0.2) is 0 Å². The van der Waals surface area contributed by atoms with Crippen LogP contribution in [0.4, 0.5) is 0 Å². The van der Waals surface area contributed by atoms with Gasteiger partial charge in [-0.1, -0.05) is 323 Å². The molecule has 0 aliphatic carbocycles. The number of aliphatic hydroxyl groups is 5. The van der Waals surface area contributed by atoms with E-state index in [4.69, 9.17) is 14.2 Å². The van der Waals surface area contributed by atoms with E-state index in [1.807, 2.05) is 6.08 Å². The van der Waals surface area contributed by atoms with Crippen LogP contribution < -0.4 is 5.32 Å². The van der Waals surface area contributed by atoms with E-state index >= 15 is 0 Å². The molecule has 11 nitrogen and oxygen atoms in total. The number of hydrogen-bond donors (Lipinski definition) is 6. The summed E-state index contributed by atoms with van der Waals surface area (Å²) in [6.07, 6.45) is 80.3. The Hall–Kier alpha value is -3.42. The predicted molar refractivity (Wildman–Crippen MR) is 384 cm³/mol. The second-order valence-electron chi connectivity index (χ2n) is 26.0. The summed E-state index contributed by atoms with van der Waals surface area (Å²) in [5, 5.41) is 57.3. The zero-order valence-corrected chi connectivity index (χ0v) is 58.7. The minimum absolute atomic E-state index is 0.122. The number of rotatable bonds is 65. The van der Waals surface area contributed by atoms with Gasteiger partial charge in [-0.3, -0.25) is 9.59 Å². The molecule has 11 heteroatoms. The monoisotopic (exact) mass is 1280 g/mol. The summed E-state index contributed by atoms with van der Waals surface area (Å²) in [4.78, 5) is 26.7. The van der Waals surface area contributed by atoms with Crippen LogP contribution in [0, 0.1) is 0 Å². The Balaban J connectivity index is 2.50. The molecule has 6 N–H and O–H groups in total. The van der Waals surface area contributed by atoms with Crippen LogP contribution in [0.3, 0.4) is 0 Å². The van der Waals surface area contributed by atoms with Crippen LogP contribution in [-0.4, -0.2) is 99.6 Å². The molecule has 1 saturated heterocycles. The van der Waals surface area contributed by atoms with Gasteiger partial charge in [0.15, 0.2) is 12.4 Å². The lowest BCUT2D eigenvalue weighted by Gasteiger charge is -2.41. The highest BCUT2D eigenvalue weighted by molar-refractivity contribution is 5.80. The topological polar surface area (TPSA) is 175 Å². The molecule has 1 aliphatic heterocycles. The summed E-state index contributed by atoms with van der Waals surface area (Å²) in [5.41, 5.74) is 0. The van der Waals surface area contributed by atoms with Gasteiger partial charge in [0.25, 0.3) is 0 Å². The van der Waals surface area contributed by atoms with E-state index < -0.39 is 67.4 Å². The van der Waals surface area contributed by atoms with E-state index in [2.05, 4.69) is 111 Å². The van der Waals surface area contributed by atoms with Crippen LogP contribution in [0.2, 0.25) is 0 Å². The van der Waals surface area contributed by atoms with Crippen LogP contribution in [0.1, 0.15) is 335 Å². The summed E-state index contributed by atoms with van der Waals surface area (Å²) >= 11 is 0. The molecule has 1 heterocycles. The SMILES string of the molecule is CC/C=C\C/C=C\C/C=C\C/C=C\C/C=C\CCCCCCCCCCC(O)C(=O)NC(COC1OC(CO)C(O)C(O)C1OC(=O)CCCCCCCCCCCCCCCCCCC/C=C\C/C=C\CCCCC)C(O)/C=C/CCCCCCCCCCC. The van der Waals surface area contributed by atoms with E-state index in [9.17, 15) is 35.1 Å². The number of hydrogen-bond acceptors (Lipinski definition) is 10. The molecule has 91 heavy (non-hydrogen) atoms. The first kappa shape index (κ1) is 85.6. The number of nitrogens with one attached hydrogen (secondary N) is 1. The zero-order valence-electron chi connectivity index (χ0n) is 58.7. The molecule has 1 aliphatic rings. The van der Waals surface area contributed by atoms with Crippen molar-refractivity contribution in [2.75, 3.05) is 13.2 Å². The number of amides is 1. The molecule has 0 aromatic heterocycles. The molecule has 0 saturated carbocycles. The number of esters is 1. The Morgan fingerprint density at radius 2 is 0.791 bits per heavy atom. The molecule has 0 spiro atoms. The van der Waals surface area contributed by atoms with Crippen molar-refractivity contribution in [1.82, 2.24) is 5.32 Å². The Kier molecular flexibility index (Phi) is 62.6. The number of carbonyl (C=O) groups is 2. The molecule has 1 amide bonds. The quantitative estimate of drug-likeness (QED) is 0.0195. The minimum Gasteiger partial charge on any atom is -0.454 e. The molecular formula is C80H141NO10. The maximum absolute atomic E-state index is 13.5. The van der Waals surface area contributed by atoms with Crippen LogP contribution in [0.5, 0.6) is 0 Å². The van der Waals surface area contributed by atoms with Crippen molar-refractivity contribution in [3.05, 3.63) is 97.2 Å². The third-order valence-corrected chi connectivity index (χ3v) is 17.5. The average Bonchev–Trinajstić information content (AvgIpc) is 0.943. The fourth-order valence-electron chi connectivity index (χ4n) is 11.5. The van der Waals surface area contributed by atoms with Crippen molar-refractivity contribution in [1.29, 1.82) is 0 Å². The molecule has 0 bridgehead atoms. The van der Waals surface area contributed by atoms with Gasteiger partial charge in [-0.2, -0.15) is 0 Å². The first-order chi connectivity index (χ1) is 44.7. The van der Waals surface area contributed by atoms with Gasteiger partial charge in [0.1, 0.15) is 24.4 Å². The fraction of sp³-hybridized carbons (Fsp3) is 0.775. The third kappa shape index (κ3) is 53.5. The summed E-state index contributed by atoms with van der Waals surface area (Å²) in [6.45, 7) is 5.68. The fourth-order valence-corrected chi connectivity index (χ4v) is 11.5. The lowest BCUT2D eigenvalue weighted by Crippen LogP contribution is -2.61. The van der Waals surface area contributed by atoms with Gasteiger partial charge < -0.3 is 45.1 Å². The highest BCUT2D eigenvalue weighted by atomic mass is 16.7.